The van der Waals surface area contributed by atoms with Crippen molar-refractivity contribution >= 4 is 14.4 Å². The highest BCUT2D eigenvalue weighted by Crippen LogP contribution is 2.41. The van der Waals surface area contributed by atoms with Crippen molar-refractivity contribution < 1.29 is 14.0 Å². The maximum atomic E-state index is 12.8. The van der Waals surface area contributed by atoms with Crippen molar-refractivity contribution in [2.45, 2.75) is 96.7 Å². The molecule has 3 atom stereocenters. The van der Waals surface area contributed by atoms with Gasteiger partial charge in [-0.05, 0) is 57.8 Å². The Morgan fingerprint density at radius 1 is 1.12 bits per heavy atom. The SMILES string of the molecule is CC(c1ccccc1)n1cc([C@@H]2CCN(C(=O)OC(C)(C)C)C[C@H]2O[Si](C)(C)C(C)(C)C)nn1. The number of hydrogen-bond acceptors (Lipinski definition) is 5. The smallest absolute Gasteiger partial charge is 0.410 e. The zero-order chi connectivity index (χ0) is 25.3. The molecule has 1 aliphatic rings. The number of carbonyl (C=O) groups is 1. The molecule has 1 fully saturated rings. The molecule has 2 heterocycles. The van der Waals surface area contributed by atoms with E-state index in [1.807, 2.05) is 49.8 Å². The molecule has 0 N–H and O–H groups in total. The first-order valence-corrected chi connectivity index (χ1v) is 15.2. The van der Waals surface area contributed by atoms with E-state index in [2.05, 4.69) is 63.2 Å². The topological polar surface area (TPSA) is 69.5 Å². The van der Waals surface area contributed by atoms with Crippen LogP contribution in [0.5, 0.6) is 0 Å². The van der Waals surface area contributed by atoms with Crippen LogP contribution in [0.15, 0.2) is 36.5 Å². The maximum absolute atomic E-state index is 12.8. The van der Waals surface area contributed by atoms with Crippen molar-refractivity contribution in [3.8, 4) is 0 Å². The van der Waals surface area contributed by atoms with Crippen LogP contribution in [0, 0.1) is 0 Å². The van der Waals surface area contributed by atoms with E-state index in [1.54, 1.807) is 4.90 Å². The van der Waals surface area contributed by atoms with Crippen molar-refractivity contribution in [3.05, 3.63) is 47.8 Å². The Hall–Kier alpha value is -2.19. The van der Waals surface area contributed by atoms with Gasteiger partial charge in [0, 0.05) is 25.2 Å². The first-order valence-electron chi connectivity index (χ1n) is 12.3. The summed E-state index contributed by atoms with van der Waals surface area (Å²) in [5.74, 6) is 0.0736. The van der Waals surface area contributed by atoms with Crippen LogP contribution in [0.3, 0.4) is 0 Å². The number of nitrogens with zero attached hydrogens (tertiary/aromatic N) is 4. The molecule has 1 amide bonds. The quantitative estimate of drug-likeness (QED) is 0.485. The van der Waals surface area contributed by atoms with E-state index in [-0.39, 0.29) is 29.2 Å². The Balaban J connectivity index is 1.85. The van der Waals surface area contributed by atoms with E-state index in [9.17, 15) is 4.79 Å². The fraction of sp³-hybridized carbons (Fsp3) is 0.654. The highest BCUT2D eigenvalue weighted by atomic mass is 28.4. The Labute approximate surface area is 205 Å². The normalized spacial score (nSPS) is 20.8. The highest BCUT2D eigenvalue weighted by molar-refractivity contribution is 6.74. The molecule has 1 aromatic heterocycles. The average Bonchev–Trinajstić information content (AvgIpc) is 3.21. The second kappa shape index (κ2) is 9.82. The van der Waals surface area contributed by atoms with Crippen molar-refractivity contribution in [1.29, 1.82) is 0 Å². The van der Waals surface area contributed by atoms with E-state index in [0.717, 1.165) is 12.1 Å². The second-order valence-electron chi connectivity index (χ2n) is 11.9. The van der Waals surface area contributed by atoms with Gasteiger partial charge in [0.05, 0.1) is 17.8 Å². The third-order valence-electron chi connectivity index (χ3n) is 7.05. The minimum absolute atomic E-state index is 0.0607. The molecule has 0 aliphatic carbocycles. The van der Waals surface area contributed by atoms with E-state index >= 15 is 0 Å². The average molecular weight is 487 g/mol. The summed E-state index contributed by atoms with van der Waals surface area (Å²) >= 11 is 0. The summed E-state index contributed by atoms with van der Waals surface area (Å²) in [6.07, 6.45) is 2.38. The number of hydrogen-bond donors (Lipinski definition) is 0. The lowest BCUT2D eigenvalue weighted by atomic mass is 9.91. The lowest BCUT2D eigenvalue weighted by molar-refractivity contribution is 0.000682. The summed E-state index contributed by atoms with van der Waals surface area (Å²) in [4.78, 5) is 14.6. The van der Waals surface area contributed by atoms with E-state index < -0.39 is 13.9 Å². The number of aromatic nitrogens is 3. The molecule has 34 heavy (non-hydrogen) atoms. The maximum Gasteiger partial charge on any atom is 0.410 e. The van der Waals surface area contributed by atoms with Crippen LogP contribution in [-0.2, 0) is 9.16 Å². The van der Waals surface area contributed by atoms with Gasteiger partial charge in [-0.15, -0.1) is 5.10 Å². The largest absolute Gasteiger partial charge is 0.444 e. The van der Waals surface area contributed by atoms with Crippen LogP contribution in [0.2, 0.25) is 18.1 Å². The zero-order valence-corrected chi connectivity index (χ0v) is 23.3. The molecule has 188 valence electrons. The molecular weight excluding hydrogens is 444 g/mol. The van der Waals surface area contributed by atoms with E-state index in [0.29, 0.717) is 13.1 Å². The molecule has 0 saturated carbocycles. The molecule has 0 spiro atoms. The molecule has 1 aromatic carbocycles. The van der Waals surface area contributed by atoms with Crippen LogP contribution >= 0.6 is 0 Å². The predicted molar refractivity (Wildman–Crippen MR) is 138 cm³/mol. The summed E-state index contributed by atoms with van der Waals surface area (Å²) < 4.78 is 14.5. The van der Waals surface area contributed by atoms with Gasteiger partial charge in [0.2, 0.25) is 0 Å². The Morgan fingerprint density at radius 2 is 1.76 bits per heavy atom. The highest BCUT2D eigenvalue weighted by Gasteiger charge is 2.44. The molecule has 1 saturated heterocycles. The summed E-state index contributed by atoms with van der Waals surface area (Å²) in [5, 5.41) is 9.10. The van der Waals surface area contributed by atoms with Gasteiger partial charge in [-0.2, -0.15) is 0 Å². The number of ether oxygens (including phenoxy) is 1. The first kappa shape index (κ1) is 26.4. The molecule has 2 aromatic rings. The van der Waals surface area contributed by atoms with Gasteiger partial charge in [0.15, 0.2) is 8.32 Å². The monoisotopic (exact) mass is 486 g/mol. The second-order valence-corrected chi connectivity index (χ2v) is 16.7. The van der Waals surface area contributed by atoms with Crippen LogP contribution in [0.1, 0.15) is 78.1 Å². The number of rotatable bonds is 5. The first-order chi connectivity index (χ1) is 15.7. The lowest BCUT2D eigenvalue weighted by Crippen LogP contribution is -2.53. The minimum Gasteiger partial charge on any atom is -0.444 e. The summed E-state index contributed by atoms with van der Waals surface area (Å²) in [5.41, 5.74) is 1.59. The van der Waals surface area contributed by atoms with Crippen LogP contribution in [0.4, 0.5) is 4.79 Å². The van der Waals surface area contributed by atoms with Crippen LogP contribution in [0.25, 0.3) is 0 Å². The van der Waals surface area contributed by atoms with Gasteiger partial charge in [-0.3, -0.25) is 0 Å². The van der Waals surface area contributed by atoms with Crippen molar-refractivity contribution in [2.75, 3.05) is 13.1 Å². The number of likely N-dealkylation sites (tertiary alicyclic amines) is 1. The number of piperidine rings is 1. The molecule has 1 unspecified atom stereocenters. The number of benzene rings is 1. The zero-order valence-electron chi connectivity index (χ0n) is 22.3. The van der Waals surface area contributed by atoms with E-state index in [4.69, 9.17) is 9.16 Å². The Morgan fingerprint density at radius 3 is 2.35 bits per heavy atom. The summed E-state index contributed by atoms with van der Waals surface area (Å²) in [6, 6.07) is 10.4. The van der Waals surface area contributed by atoms with Crippen LogP contribution in [-0.4, -0.2) is 59.1 Å². The van der Waals surface area contributed by atoms with Gasteiger partial charge in [0.25, 0.3) is 0 Å². The number of amides is 1. The van der Waals surface area contributed by atoms with Gasteiger partial charge in [0.1, 0.15) is 5.60 Å². The van der Waals surface area contributed by atoms with E-state index in [1.165, 1.54) is 5.56 Å². The van der Waals surface area contributed by atoms with Crippen molar-refractivity contribution in [1.82, 2.24) is 19.9 Å². The molecule has 0 radical (unpaired) electrons. The molecule has 7 nitrogen and oxygen atoms in total. The van der Waals surface area contributed by atoms with Gasteiger partial charge >= 0.3 is 6.09 Å². The number of carbonyl (C=O) groups excluding carboxylic acids is 1. The molecule has 1 aliphatic heterocycles. The standard InChI is InChI=1S/C26H42N4O3Si/c1-19(20-13-11-10-12-14-20)30-17-22(27-28-30)21-15-16-29(24(31)32-25(2,3)4)18-23(21)33-34(8,9)26(5,6)7/h10-14,17,19,21,23H,15-16,18H2,1-9H3/t19?,21-,23+/m0/s1. The Kier molecular flexibility index (Phi) is 7.62. The predicted octanol–water partition coefficient (Wildman–Crippen LogP) is 6.00. The van der Waals surface area contributed by atoms with Crippen molar-refractivity contribution in [2.24, 2.45) is 0 Å². The van der Waals surface area contributed by atoms with Crippen LogP contribution < -0.4 is 0 Å². The molecule has 3 rings (SSSR count). The summed E-state index contributed by atoms with van der Waals surface area (Å²) in [7, 11) is -2.08. The fourth-order valence-corrected chi connectivity index (χ4v) is 5.30. The van der Waals surface area contributed by atoms with Crippen molar-refractivity contribution in [3.63, 3.8) is 0 Å². The summed E-state index contributed by atoms with van der Waals surface area (Å²) in [6.45, 7) is 20.1. The third-order valence-corrected chi connectivity index (χ3v) is 11.6. The molecule has 0 bridgehead atoms. The fourth-order valence-electron chi connectivity index (χ4n) is 3.96. The minimum atomic E-state index is -2.08. The molecule has 8 heteroatoms. The van der Waals surface area contributed by atoms with Gasteiger partial charge in [-0.1, -0.05) is 56.3 Å². The lowest BCUT2D eigenvalue weighted by Gasteiger charge is -2.45. The van der Waals surface area contributed by atoms with Gasteiger partial charge in [-0.25, -0.2) is 9.48 Å². The third kappa shape index (κ3) is 6.27. The molecular formula is C26H42N4O3Si. The Bertz CT molecular complexity index is 962. The van der Waals surface area contributed by atoms with Gasteiger partial charge < -0.3 is 14.1 Å².